The van der Waals surface area contributed by atoms with Crippen molar-refractivity contribution in [2.45, 2.75) is 43.8 Å². The molecule has 1 N–H and O–H groups in total. The number of fused-ring (bicyclic) bond motifs is 1. The lowest BCUT2D eigenvalue weighted by Gasteiger charge is -2.42. The van der Waals surface area contributed by atoms with Crippen LogP contribution in [0.25, 0.3) is 0 Å². The van der Waals surface area contributed by atoms with E-state index in [0.717, 1.165) is 12.0 Å². The number of rotatable bonds is 3. The van der Waals surface area contributed by atoms with E-state index in [4.69, 9.17) is 0 Å². The summed E-state index contributed by atoms with van der Waals surface area (Å²) in [4.78, 5) is 2.12. The molecule has 1 saturated heterocycles. The van der Waals surface area contributed by atoms with Crippen LogP contribution in [-0.2, 0) is 24.5 Å². The molecule has 3 atom stereocenters. The highest BCUT2D eigenvalue weighted by atomic mass is 19.4. The van der Waals surface area contributed by atoms with E-state index in [1.807, 2.05) is 30.3 Å². The van der Waals surface area contributed by atoms with Crippen LogP contribution in [0.2, 0.25) is 0 Å². The van der Waals surface area contributed by atoms with Gasteiger partial charge in [0, 0.05) is 25.6 Å². The molecule has 2 aromatic rings. The summed E-state index contributed by atoms with van der Waals surface area (Å²) in [6, 6.07) is 11.2. The summed E-state index contributed by atoms with van der Waals surface area (Å²) in [5, 5.41) is 11.5. The summed E-state index contributed by atoms with van der Waals surface area (Å²) >= 11 is 0. The minimum atomic E-state index is -4.94. The van der Waals surface area contributed by atoms with Gasteiger partial charge in [-0.3, -0.25) is 4.90 Å². The van der Waals surface area contributed by atoms with Crippen molar-refractivity contribution in [1.29, 1.82) is 0 Å². The summed E-state index contributed by atoms with van der Waals surface area (Å²) in [6.45, 7) is 1.71. The molecule has 2 nitrogen and oxygen atoms in total. The third-order valence-corrected chi connectivity index (χ3v) is 6.60. The van der Waals surface area contributed by atoms with Crippen molar-refractivity contribution >= 4 is 0 Å². The number of aliphatic hydroxyl groups is 1. The lowest BCUT2D eigenvalue weighted by molar-refractivity contribution is -0.143. The first-order valence-electron chi connectivity index (χ1n) is 10.3. The molecule has 1 heterocycles. The molecule has 0 radical (unpaired) electrons. The molecular formula is C23H23F6NO. The highest BCUT2D eigenvalue weighted by Gasteiger charge is 2.51. The molecule has 0 aromatic heterocycles. The first-order chi connectivity index (χ1) is 14.5. The van der Waals surface area contributed by atoms with Crippen molar-refractivity contribution in [3.63, 3.8) is 0 Å². The van der Waals surface area contributed by atoms with Crippen molar-refractivity contribution in [2.24, 2.45) is 11.8 Å². The minimum absolute atomic E-state index is 0.0198. The monoisotopic (exact) mass is 443 g/mol. The summed E-state index contributed by atoms with van der Waals surface area (Å²) in [6.07, 6.45) is -8.38. The molecule has 31 heavy (non-hydrogen) atoms. The molecule has 3 unspecified atom stereocenters. The van der Waals surface area contributed by atoms with Gasteiger partial charge in [0.15, 0.2) is 0 Å². The number of hydrogen-bond donors (Lipinski definition) is 1. The van der Waals surface area contributed by atoms with E-state index >= 15 is 0 Å². The summed E-state index contributed by atoms with van der Waals surface area (Å²) in [7, 11) is 0. The highest BCUT2D eigenvalue weighted by Crippen LogP contribution is 2.50. The van der Waals surface area contributed by atoms with Crippen LogP contribution >= 0.6 is 0 Å². The lowest BCUT2D eigenvalue weighted by Crippen LogP contribution is -2.43. The normalized spacial score (nSPS) is 27.3. The smallest absolute Gasteiger partial charge is 0.385 e. The van der Waals surface area contributed by atoms with Gasteiger partial charge in [-0.1, -0.05) is 30.3 Å². The quantitative estimate of drug-likeness (QED) is 0.602. The predicted molar refractivity (Wildman–Crippen MR) is 103 cm³/mol. The number of halogens is 6. The Morgan fingerprint density at radius 2 is 1.52 bits per heavy atom. The Morgan fingerprint density at radius 1 is 0.903 bits per heavy atom. The van der Waals surface area contributed by atoms with E-state index in [1.54, 1.807) is 0 Å². The molecule has 1 aliphatic carbocycles. The number of alkyl halides is 6. The Kier molecular flexibility index (Phi) is 5.58. The van der Waals surface area contributed by atoms with Crippen LogP contribution in [0.15, 0.2) is 48.5 Å². The van der Waals surface area contributed by atoms with E-state index in [1.165, 1.54) is 0 Å². The Bertz CT molecular complexity index is 894. The van der Waals surface area contributed by atoms with Crippen LogP contribution in [-0.4, -0.2) is 23.1 Å². The standard InChI is InChI=1S/C23H23F6NO/c24-22(25,26)18-9-17(10-19(11-18)23(27,28)29)21(31)8-4-7-16-13-30(14-20(16)21)12-15-5-2-1-3-6-15/h1-3,5-6,9-11,16,20,31H,4,7-8,12-14H2. The summed E-state index contributed by atoms with van der Waals surface area (Å²) < 4.78 is 80.1. The molecule has 8 heteroatoms. The van der Waals surface area contributed by atoms with Crippen LogP contribution in [0.5, 0.6) is 0 Å². The maximum Gasteiger partial charge on any atom is 0.416 e. The highest BCUT2D eigenvalue weighted by molar-refractivity contribution is 5.38. The Labute approximate surface area is 176 Å². The van der Waals surface area contributed by atoms with Crippen molar-refractivity contribution in [1.82, 2.24) is 4.90 Å². The molecule has 0 spiro atoms. The first kappa shape index (κ1) is 22.1. The third kappa shape index (κ3) is 4.46. The van der Waals surface area contributed by atoms with E-state index in [2.05, 4.69) is 4.90 Å². The predicted octanol–water partition coefficient (Wildman–Crippen LogP) is 5.84. The molecule has 168 valence electrons. The van der Waals surface area contributed by atoms with Crippen LogP contribution in [0.1, 0.15) is 41.5 Å². The average molecular weight is 443 g/mol. The van der Waals surface area contributed by atoms with Gasteiger partial charge in [-0.25, -0.2) is 0 Å². The topological polar surface area (TPSA) is 23.5 Å². The molecule has 4 rings (SSSR count). The summed E-state index contributed by atoms with van der Waals surface area (Å²) in [5.41, 5.74) is -3.71. The minimum Gasteiger partial charge on any atom is -0.385 e. The van der Waals surface area contributed by atoms with Crippen LogP contribution in [0, 0.1) is 11.8 Å². The van der Waals surface area contributed by atoms with Crippen LogP contribution in [0.4, 0.5) is 26.3 Å². The Balaban J connectivity index is 1.68. The second-order valence-corrected chi connectivity index (χ2v) is 8.66. The third-order valence-electron chi connectivity index (χ3n) is 6.60. The zero-order valence-electron chi connectivity index (χ0n) is 16.7. The first-order valence-corrected chi connectivity index (χ1v) is 10.3. The second kappa shape index (κ2) is 7.81. The SMILES string of the molecule is OC1(c2cc(C(F)(F)F)cc(C(F)(F)F)c2)CCCC2CN(Cc3ccccc3)CC21. The van der Waals surface area contributed by atoms with Gasteiger partial charge >= 0.3 is 12.4 Å². The zero-order chi connectivity index (χ0) is 22.4. The largest absolute Gasteiger partial charge is 0.416 e. The van der Waals surface area contributed by atoms with Gasteiger partial charge in [0.1, 0.15) is 0 Å². The van der Waals surface area contributed by atoms with Crippen molar-refractivity contribution in [3.05, 3.63) is 70.8 Å². The van der Waals surface area contributed by atoms with Gasteiger partial charge < -0.3 is 5.11 Å². The van der Waals surface area contributed by atoms with Gasteiger partial charge in [-0.2, -0.15) is 26.3 Å². The molecule has 0 bridgehead atoms. The van der Waals surface area contributed by atoms with E-state index in [0.29, 0.717) is 38.2 Å². The van der Waals surface area contributed by atoms with E-state index in [-0.39, 0.29) is 24.0 Å². The molecule has 0 amide bonds. The van der Waals surface area contributed by atoms with Crippen LogP contribution in [0.3, 0.4) is 0 Å². The van der Waals surface area contributed by atoms with Crippen molar-refractivity contribution in [2.75, 3.05) is 13.1 Å². The maximum absolute atomic E-state index is 13.3. The Hall–Kier alpha value is -2.06. The number of likely N-dealkylation sites (tertiary alicyclic amines) is 1. The second-order valence-electron chi connectivity index (χ2n) is 8.66. The van der Waals surface area contributed by atoms with Gasteiger partial charge in [0.2, 0.25) is 0 Å². The van der Waals surface area contributed by atoms with E-state index < -0.39 is 35.0 Å². The molecule has 2 aliphatic rings. The molecule has 1 saturated carbocycles. The molecule has 2 aromatic carbocycles. The molecule has 1 aliphatic heterocycles. The zero-order valence-corrected chi connectivity index (χ0v) is 16.7. The molecular weight excluding hydrogens is 420 g/mol. The number of hydrogen-bond acceptors (Lipinski definition) is 2. The van der Waals surface area contributed by atoms with Gasteiger partial charge in [-0.15, -0.1) is 0 Å². The van der Waals surface area contributed by atoms with Gasteiger partial charge in [-0.05, 0) is 54.5 Å². The fourth-order valence-electron chi connectivity index (χ4n) is 5.15. The van der Waals surface area contributed by atoms with Gasteiger partial charge in [0.25, 0.3) is 0 Å². The Morgan fingerprint density at radius 3 is 2.10 bits per heavy atom. The maximum atomic E-state index is 13.3. The molecule has 2 fully saturated rings. The van der Waals surface area contributed by atoms with Crippen LogP contribution < -0.4 is 0 Å². The lowest BCUT2D eigenvalue weighted by atomic mass is 9.67. The van der Waals surface area contributed by atoms with Crippen molar-refractivity contribution in [3.8, 4) is 0 Å². The fraction of sp³-hybridized carbons (Fsp3) is 0.478. The number of nitrogens with zero attached hydrogens (tertiary/aromatic N) is 1. The summed E-state index contributed by atoms with van der Waals surface area (Å²) in [5.74, 6) is -0.402. The van der Waals surface area contributed by atoms with Gasteiger partial charge in [0.05, 0.1) is 16.7 Å². The average Bonchev–Trinajstić information content (AvgIpc) is 3.11. The number of benzene rings is 2. The van der Waals surface area contributed by atoms with Crippen molar-refractivity contribution < 1.29 is 31.4 Å². The fourth-order valence-corrected chi connectivity index (χ4v) is 5.15. The van der Waals surface area contributed by atoms with E-state index in [9.17, 15) is 31.4 Å².